The molecule has 1 aliphatic heterocycles. The highest BCUT2D eigenvalue weighted by Crippen LogP contribution is 2.37. The highest BCUT2D eigenvalue weighted by atomic mass is 32.1. The van der Waals surface area contributed by atoms with Crippen molar-refractivity contribution in [3.8, 4) is 50.9 Å². The Bertz CT molecular complexity index is 3250. The lowest BCUT2D eigenvalue weighted by molar-refractivity contribution is -0.150. The lowest BCUT2D eigenvalue weighted by atomic mass is 9.84. The number of benzene rings is 7. The van der Waals surface area contributed by atoms with Crippen LogP contribution in [0.2, 0.25) is 0 Å². The second-order valence-electron chi connectivity index (χ2n) is 19.3. The summed E-state index contributed by atoms with van der Waals surface area (Å²) in [5.74, 6) is -0.570. The van der Waals surface area contributed by atoms with Crippen LogP contribution in [0, 0.1) is 28.4 Å². The number of para-hydroxylation sites is 1. The summed E-state index contributed by atoms with van der Waals surface area (Å²) < 4.78 is 57.9. The highest BCUT2D eigenvalue weighted by molar-refractivity contribution is 7.22. The van der Waals surface area contributed by atoms with Crippen LogP contribution in [0.5, 0.6) is 11.5 Å². The summed E-state index contributed by atoms with van der Waals surface area (Å²) in [6, 6.07) is 44.3. The molecule has 0 saturated carbocycles. The van der Waals surface area contributed by atoms with E-state index in [9.17, 15) is 10.1 Å². The van der Waals surface area contributed by atoms with E-state index in [2.05, 4.69) is 32.0 Å². The molecule has 0 amide bonds. The molecule has 0 atom stereocenters. The Kier molecular flexibility index (Phi) is 17.7. The van der Waals surface area contributed by atoms with Crippen molar-refractivity contribution in [3.63, 3.8) is 0 Å². The summed E-state index contributed by atoms with van der Waals surface area (Å²) in [6.45, 7) is 8.57. The van der Waals surface area contributed by atoms with Gasteiger partial charge in [0.15, 0.2) is 0 Å². The van der Waals surface area contributed by atoms with Crippen molar-refractivity contribution < 1.29 is 32.5 Å². The molecular weight excluding hydrogens is 963 g/mol. The Morgan fingerprint density at radius 2 is 1.49 bits per heavy atom. The molecule has 8 aromatic rings. The molecular formula is C63H62F2N4O5S. The molecule has 1 fully saturated rings. The number of aryl methyl sites for hydroxylation is 1. The normalized spacial score (nSPS) is 13.0. The summed E-state index contributed by atoms with van der Waals surface area (Å²) in [7, 11) is 0. The number of anilines is 1. The van der Waals surface area contributed by atoms with E-state index in [0.717, 1.165) is 104 Å². The first-order valence-electron chi connectivity index (χ1n) is 26.1. The molecule has 1 aromatic heterocycles. The van der Waals surface area contributed by atoms with Crippen molar-refractivity contribution in [1.29, 1.82) is 5.26 Å². The zero-order valence-corrected chi connectivity index (χ0v) is 43.5. The fourth-order valence-corrected chi connectivity index (χ4v) is 10.2. The summed E-state index contributed by atoms with van der Waals surface area (Å²) in [5, 5.41) is 18.2. The van der Waals surface area contributed by atoms with Crippen LogP contribution < -0.4 is 14.5 Å². The van der Waals surface area contributed by atoms with Gasteiger partial charge in [0, 0.05) is 41.7 Å². The molecule has 75 heavy (non-hydrogen) atoms. The minimum atomic E-state index is -0.605. The maximum atomic E-state index is 17.3. The Labute approximate surface area is 442 Å². The van der Waals surface area contributed by atoms with Crippen LogP contribution in [0.25, 0.3) is 54.4 Å². The largest absolute Gasteiger partial charge is 0.494 e. The number of fused-ring (bicyclic) bond motifs is 2. The number of unbranched alkanes of at least 4 members (excludes halogenated alkanes) is 5. The van der Waals surface area contributed by atoms with Gasteiger partial charge >= 0.3 is 5.97 Å². The number of hydrazone groups is 1. The van der Waals surface area contributed by atoms with Gasteiger partial charge < -0.3 is 18.9 Å². The van der Waals surface area contributed by atoms with Crippen LogP contribution >= 0.6 is 11.3 Å². The number of hydrogen-bond donors (Lipinski definition) is 0. The van der Waals surface area contributed by atoms with E-state index in [1.54, 1.807) is 59.6 Å². The summed E-state index contributed by atoms with van der Waals surface area (Å²) in [5.41, 5.74) is 5.64. The van der Waals surface area contributed by atoms with Crippen LogP contribution in [0.4, 0.5) is 13.9 Å². The zero-order chi connectivity index (χ0) is 52.0. The van der Waals surface area contributed by atoms with E-state index in [-0.39, 0.29) is 27.9 Å². The first kappa shape index (κ1) is 52.6. The fraction of sp³-hybridized carbons (Fsp3) is 0.302. The molecule has 1 saturated heterocycles. The molecule has 9 rings (SSSR count). The first-order chi connectivity index (χ1) is 36.7. The Hall–Kier alpha value is -7.30. The van der Waals surface area contributed by atoms with Crippen molar-refractivity contribution in [2.75, 3.05) is 44.6 Å². The van der Waals surface area contributed by atoms with Gasteiger partial charge in [-0.15, -0.1) is 0 Å². The number of rotatable bonds is 25. The van der Waals surface area contributed by atoms with Crippen LogP contribution in [-0.4, -0.2) is 56.7 Å². The van der Waals surface area contributed by atoms with Gasteiger partial charge in [-0.2, -0.15) is 10.4 Å². The highest BCUT2D eigenvalue weighted by Gasteiger charge is 2.37. The van der Waals surface area contributed by atoms with Crippen molar-refractivity contribution in [1.82, 2.24) is 4.98 Å². The van der Waals surface area contributed by atoms with Gasteiger partial charge in [0.25, 0.3) is 0 Å². The number of nitriles is 1. The molecule has 1 aliphatic rings. The second kappa shape index (κ2) is 25.3. The quantitative estimate of drug-likeness (QED) is 0.0183. The molecule has 0 aliphatic carbocycles. The average molecular weight is 1030 g/mol. The van der Waals surface area contributed by atoms with E-state index in [0.29, 0.717) is 59.8 Å². The van der Waals surface area contributed by atoms with Crippen LogP contribution in [0.1, 0.15) is 93.1 Å². The number of carbonyl (C=O) groups is 1. The lowest BCUT2D eigenvalue weighted by Crippen LogP contribution is -2.45. The number of nitrogens with zero attached hydrogens (tertiary/aromatic N) is 4. The second-order valence-corrected chi connectivity index (χ2v) is 20.3. The van der Waals surface area contributed by atoms with Crippen molar-refractivity contribution in [3.05, 3.63) is 168 Å². The zero-order valence-electron chi connectivity index (χ0n) is 42.7. The SMILES string of the molecule is CCCc1ccc(-c2ccc(-c3ccc(-c4ccc(OC(=O)c5ccc6cc(OCCCCCCOCC7(CC)COC7)ccc6c5)cc4)c(F)c3/C=N/N(CCCCC#N)c3nc4ccccc4s3)c(F)c2)cc1. The predicted octanol–water partition coefficient (Wildman–Crippen LogP) is 15.8. The van der Waals surface area contributed by atoms with Gasteiger partial charge in [-0.1, -0.05) is 123 Å². The Morgan fingerprint density at radius 3 is 2.24 bits per heavy atom. The number of esters is 1. The summed E-state index contributed by atoms with van der Waals surface area (Å²) in [4.78, 5) is 18.3. The summed E-state index contributed by atoms with van der Waals surface area (Å²) in [6.07, 6.45) is 10.4. The van der Waals surface area contributed by atoms with Gasteiger partial charge in [0.2, 0.25) is 5.13 Å². The molecule has 0 radical (unpaired) electrons. The Balaban J connectivity index is 0.893. The molecule has 9 nitrogen and oxygen atoms in total. The maximum absolute atomic E-state index is 17.3. The number of aromatic nitrogens is 1. The number of hydrogen-bond acceptors (Lipinski definition) is 10. The standard InChI is InChI=1S/C63H62F2N4O5S/c1-3-14-44-17-19-45(20-18-44)49-26-30-55(57(64)39-49)54-32-31-53(60(65)56(54)40-67-69(34-11-7-10-33-66)62-68-58-15-8-9-16-59(58)75-62)46-23-27-51(28-24-46)74-61(70)50-22-21-48-38-52(29-25-47(48)37-50)73-36-13-6-5-12-35-71-41-63(4-2)42-72-43-63/h8-9,15-32,37-40H,3-7,10-14,34-36,41-43H2,1-2H3/b67-40+. The number of halogens is 2. The molecule has 12 heteroatoms. The smallest absolute Gasteiger partial charge is 0.343 e. The third-order valence-electron chi connectivity index (χ3n) is 13.9. The number of carbonyl (C=O) groups excluding carboxylic acids is 1. The van der Waals surface area contributed by atoms with Gasteiger partial charge in [-0.3, -0.25) is 0 Å². The van der Waals surface area contributed by atoms with Crippen molar-refractivity contribution in [2.24, 2.45) is 10.5 Å². The van der Waals surface area contributed by atoms with Crippen molar-refractivity contribution >= 4 is 49.6 Å². The third-order valence-corrected chi connectivity index (χ3v) is 14.9. The van der Waals surface area contributed by atoms with E-state index in [4.69, 9.17) is 29.0 Å². The van der Waals surface area contributed by atoms with Crippen molar-refractivity contribution in [2.45, 2.75) is 78.1 Å². The van der Waals surface area contributed by atoms with Crippen LogP contribution in [-0.2, 0) is 15.9 Å². The van der Waals surface area contributed by atoms with E-state index < -0.39 is 17.6 Å². The molecule has 2 heterocycles. The van der Waals surface area contributed by atoms with E-state index in [1.807, 2.05) is 66.7 Å². The summed E-state index contributed by atoms with van der Waals surface area (Å²) >= 11 is 1.46. The molecule has 0 spiro atoms. The minimum absolute atomic E-state index is 0.0877. The lowest BCUT2D eigenvalue weighted by Gasteiger charge is -2.40. The molecule has 0 bridgehead atoms. The average Bonchev–Trinajstić information content (AvgIpc) is 3.86. The molecule has 384 valence electrons. The minimum Gasteiger partial charge on any atom is -0.494 e. The predicted molar refractivity (Wildman–Crippen MR) is 298 cm³/mol. The Morgan fingerprint density at radius 1 is 0.773 bits per heavy atom. The van der Waals surface area contributed by atoms with Gasteiger partial charge in [0.1, 0.15) is 23.1 Å². The fourth-order valence-electron chi connectivity index (χ4n) is 9.24. The van der Waals surface area contributed by atoms with Crippen LogP contribution in [0.15, 0.2) is 145 Å². The van der Waals surface area contributed by atoms with Gasteiger partial charge in [-0.25, -0.2) is 23.6 Å². The number of ether oxygens (including phenoxy) is 4. The van der Waals surface area contributed by atoms with Gasteiger partial charge in [-0.05, 0) is 138 Å². The van der Waals surface area contributed by atoms with Gasteiger partial charge in [0.05, 0.1) is 54.5 Å². The first-order valence-corrected chi connectivity index (χ1v) is 27.0. The van der Waals surface area contributed by atoms with E-state index >= 15 is 8.78 Å². The van der Waals surface area contributed by atoms with E-state index in [1.165, 1.54) is 29.2 Å². The number of thiazole rings is 1. The third kappa shape index (κ3) is 13.2. The molecule has 0 unspecified atom stereocenters. The molecule has 7 aromatic carbocycles. The topological polar surface area (TPSA) is 106 Å². The maximum Gasteiger partial charge on any atom is 0.343 e. The van der Waals surface area contributed by atoms with Crippen LogP contribution in [0.3, 0.4) is 0 Å². The molecule has 0 N–H and O–H groups in total. The monoisotopic (exact) mass is 1020 g/mol.